The summed E-state index contributed by atoms with van der Waals surface area (Å²) in [6, 6.07) is 9.19. The third-order valence-corrected chi connectivity index (χ3v) is 9.06. The molecule has 1 spiro atoms. The Kier molecular flexibility index (Phi) is 5.77. The van der Waals surface area contributed by atoms with E-state index in [9.17, 15) is 5.26 Å². The highest BCUT2D eigenvalue weighted by Gasteiger charge is 2.61. The van der Waals surface area contributed by atoms with Gasteiger partial charge in [0.25, 0.3) is 0 Å². The molecule has 3 atom stereocenters. The van der Waals surface area contributed by atoms with Gasteiger partial charge in [-0.2, -0.15) is 5.26 Å². The summed E-state index contributed by atoms with van der Waals surface area (Å²) < 4.78 is 25.4. The van der Waals surface area contributed by atoms with Crippen molar-refractivity contribution >= 4 is 0 Å². The van der Waals surface area contributed by atoms with Crippen LogP contribution in [0.15, 0.2) is 30.0 Å². The second-order valence-corrected chi connectivity index (χ2v) is 11.6. The molecule has 5 nitrogen and oxygen atoms in total. The molecule has 2 aliphatic carbocycles. The zero-order valence-electron chi connectivity index (χ0n) is 21.5. The Balaban J connectivity index is 1.56. The number of fused-ring (bicyclic) bond motifs is 3. The van der Waals surface area contributed by atoms with Gasteiger partial charge in [0.05, 0.1) is 31.0 Å². The van der Waals surface area contributed by atoms with Gasteiger partial charge in [-0.25, -0.2) is 0 Å². The Hall–Kier alpha value is -2.03. The molecule has 1 aromatic rings. The zero-order valence-corrected chi connectivity index (χ0v) is 21.5. The predicted octanol–water partition coefficient (Wildman–Crippen LogP) is 5.92. The zero-order chi connectivity index (χ0) is 24.3. The highest BCUT2D eigenvalue weighted by Crippen LogP contribution is 2.58. The van der Waals surface area contributed by atoms with Crippen LogP contribution in [0.5, 0.6) is 5.75 Å². The average molecular weight is 466 g/mol. The van der Waals surface area contributed by atoms with Crippen LogP contribution in [-0.2, 0) is 26.0 Å². The first-order valence-corrected chi connectivity index (χ1v) is 13.1. The van der Waals surface area contributed by atoms with E-state index in [1.807, 2.05) is 6.26 Å². The number of ether oxygens (including phenoxy) is 4. The lowest BCUT2D eigenvalue weighted by atomic mass is 9.59. The van der Waals surface area contributed by atoms with Crippen molar-refractivity contribution in [1.82, 2.24) is 0 Å². The van der Waals surface area contributed by atoms with Crippen molar-refractivity contribution in [2.75, 3.05) is 13.2 Å². The smallest absolute Gasteiger partial charge is 0.194 e. The Morgan fingerprint density at radius 3 is 2.32 bits per heavy atom. The molecule has 4 aliphatic rings. The molecule has 0 unspecified atom stereocenters. The van der Waals surface area contributed by atoms with Gasteiger partial charge in [0.15, 0.2) is 5.79 Å². The van der Waals surface area contributed by atoms with Gasteiger partial charge in [0.1, 0.15) is 17.5 Å². The quantitative estimate of drug-likeness (QED) is 0.540. The summed E-state index contributed by atoms with van der Waals surface area (Å²) in [4.78, 5) is 0. The SMILES string of the molecule is CC(C)C(Oc1ccc2c(c1)C[C@H]1OC=C3[C@H]1[C@@]2(C#N)CCCC31OCCO1)(C(C)C)C(C)C. The molecular weight excluding hydrogens is 426 g/mol. The van der Waals surface area contributed by atoms with Crippen molar-refractivity contribution in [3.05, 3.63) is 41.2 Å². The monoisotopic (exact) mass is 465 g/mol. The molecule has 5 heteroatoms. The molecule has 0 bridgehead atoms. The van der Waals surface area contributed by atoms with Crippen LogP contribution in [0.1, 0.15) is 71.9 Å². The molecule has 1 aromatic carbocycles. The van der Waals surface area contributed by atoms with Gasteiger partial charge in [-0.15, -0.1) is 0 Å². The lowest BCUT2D eigenvalue weighted by Gasteiger charge is -2.46. The fourth-order valence-corrected chi connectivity index (χ4v) is 7.75. The molecule has 184 valence electrons. The minimum Gasteiger partial charge on any atom is -0.497 e. The highest BCUT2D eigenvalue weighted by atomic mass is 16.7. The molecular formula is C29H39NO4. The summed E-state index contributed by atoms with van der Waals surface area (Å²) in [5.74, 6) is 1.23. The summed E-state index contributed by atoms with van der Waals surface area (Å²) in [5.41, 5.74) is 2.42. The molecule has 0 radical (unpaired) electrons. The first-order chi connectivity index (χ1) is 16.2. The van der Waals surface area contributed by atoms with Crippen molar-refractivity contribution < 1.29 is 18.9 Å². The lowest BCUT2D eigenvalue weighted by Crippen LogP contribution is -2.51. The van der Waals surface area contributed by atoms with Gasteiger partial charge in [-0.3, -0.25) is 0 Å². The van der Waals surface area contributed by atoms with E-state index in [4.69, 9.17) is 18.9 Å². The summed E-state index contributed by atoms with van der Waals surface area (Å²) >= 11 is 0. The Morgan fingerprint density at radius 2 is 1.71 bits per heavy atom. The second-order valence-electron chi connectivity index (χ2n) is 11.6. The number of rotatable bonds is 5. The number of benzene rings is 1. The number of hydrogen-bond acceptors (Lipinski definition) is 5. The molecule has 0 amide bonds. The summed E-state index contributed by atoms with van der Waals surface area (Å²) in [5, 5.41) is 10.7. The van der Waals surface area contributed by atoms with Gasteiger partial charge >= 0.3 is 0 Å². The minimum absolute atomic E-state index is 0.0431. The van der Waals surface area contributed by atoms with E-state index in [1.165, 1.54) is 5.56 Å². The maximum absolute atomic E-state index is 10.7. The number of nitrogens with zero attached hydrogens (tertiary/aromatic N) is 1. The van der Waals surface area contributed by atoms with Crippen LogP contribution in [0.2, 0.25) is 0 Å². The molecule has 34 heavy (non-hydrogen) atoms. The van der Waals surface area contributed by atoms with Gasteiger partial charge in [0.2, 0.25) is 0 Å². The molecule has 5 rings (SSSR count). The predicted molar refractivity (Wildman–Crippen MR) is 130 cm³/mol. The molecule has 0 N–H and O–H groups in total. The van der Waals surface area contributed by atoms with Crippen LogP contribution < -0.4 is 4.74 Å². The number of hydrogen-bond donors (Lipinski definition) is 0. The van der Waals surface area contributed by atoms with Crippen LogP contribution >= 0.6 is 0 Å². The maximum Gasteiger partial charge on any atom is 0.194 e. The second kappa shape index (κ2) is 8.28. The van der Waals surface area contributed by atoms with Crippen LogP contribution in [-0.4, -0.2) is 30.7 Å². The highest BCUT2D eigenvalue weighted by molar-refractivity contribution is 5.51. The lowest BCUT2D eigenvalue weighted by molar-refractivity contribution is -0.134. The van der Waals surface area contributed by atoms with E-state index in [0.29, 0.717) is 31.0 Å². The van der Waals surface area contributed by atoms with E-state index in [2.05, 4.69) is 65.8 Å². The van der Waals surface area contributed by atoms with E-state index < -0.39 is 11.2 Å². The average Bonchev–Trinajstić information content (AvgIpc) is 3.40. The van der Waals surface area contributed by atoms with E-state index >= 15 is 0 Å². The summed E-state index contributed by atoms with van der Waals surface area (Å²) in [6.45, 7) is 14.7. The van der Waals surface area contributed by atoms with Crippen molar-refractivity contribution in [3.8, 4) is 11.8 Å². The molecule has 2 heterocycles. The minimum atomic E-state index is -0.718. The van der Waals surface area contributed by atoms with Gasteiger partial charge in [0, 0.05) is 24.3 Å². The summed E-state index contributed by atoms with van der Waals surface area (Å²) in [6.07, 6.45) is 4.96. The van der Waals surface area contributed by atoms with Gasteiger partial charge in [-0.1, -0.05) is 47.6 Å². The van der Waals surface area contributed by atoms with Crippen molar-refractivity contribution in [1.29, 1.82) is 5.26 Å². The van der Waals surface area contributed by atoms with Crippen molar-refractivity contribution in [2.24, 2.45) is 23.7 Å². The summed E-state index contributed by atoms with van der Waals surface area (Å²) in [7, 11) is 0. The first-order valence-electron chi connectivity index (χ1n) is 13.1. The van der Waals surface area contributed by atoms with Crippen molar-refractivity contribution in [3.63, 3.8) is 0 Å². The van der Waals surface area contributed by atoms with Crippen LogP contribution in [0.3, 0.4) is 0 Å². The maximum atomic E-state index is 10.7. The van der Waals surface area contributed by atoms with E-state index in [-0.39, 0.29) is 17.6 Å². The standard InChI is InChI=1S/C29H39NO4/c1-18(2)29(19(3)4,20(5)6)34-22-8-9-23-21(14-22)15-25-26-24(16-31-25)28(32-12-13-33-28)11-7-10-27(23,26)17-30/h8-9,14,16,18-20,25-26H,7,10-13,15H2,1-6H3/t25-,26-,27-/m1/s1. The van der Waals surface area contributed by atoms with Gasteiger partial charge in [-0.05, 0) is 53.9 Å². The third-order valence-electron chi connectivity index (χ3n) is 9.06. The van der Waals surface area contributed by atoms with Gasteiger partial charge < -0.3 is 18.9 Å². The van der Waals surface area contributed by atoms with Crippen LogP contribution in [0.25, 0.3) is 0 Å². The fourth-order valence-electron chi connectivity index (χ4n) is 7.75. The Bertz CT molecular complexity index is 992. The number of nitriles is 1. The molecule has 2 aliphatic heterocycles. The largest absolute Gasteiger partial charge is 0.497 e. The van der Waals surface area contributed by atoms with Crippen molar-refractivity contribution in [2.45, 2.75) is 90.1 Å². The first kappa shape index (κ1) is 23.7. The van der Waals surface area contributed by atoms with Crippen LogP contribution in [0.4, 0.5) is 0 Å². The topological polar surface area (TPSA) is 60.7 Å². The molecule has 2 fully saturated rings. The molecule has 1 saturated carbocycles. The Labute approximate surface area is 204 Å². The normalized spacial score (nSPS) is 29.5. The molecule has 0 aromatic heterocycles. The Morgan fingerprint density at radius 1 is 1.03 bits per heavy atom. The molecule has 1 saturated heterocycles. The van der Waals surface area contributed by atoms with E-state index in [0.717, 1.165) is 42.6 Å². The fraction of sp³-hybridized carbons (Fsp3) is 0.690. The third kappa shape index (κ3) is 3.18. The van der Waals surface area contributed by atoms with Crippen LogP contribution in [0, 0.1) is 35.0 Å². The van der Waals surface area contributed by atoms with E-state index in [1.54, 1.807) is 0 Å².